The van der Waals surface area contributed by atoms with Gasteiger partial charge >= 0.3 is 0 Å². The zero-order valence-corrected chi connectivity index (χ0v) is 14.7. The third-order valence-corrected chi connectivity index (χ3v) is 3.37. The number of carbonyl (C=O) groups excluding carboxylic acids is 2. The summed E-state index contributed by atoms with van der Waals surface area (Å²) in [6.45, 7) is 10.1. The fourth-order valence-electron chi connectivity index (χ4n) is 2.12. The van der Waals surface area contributed by atoms with Gasteiger partial charge in [0, 0.05) is 45.1 Å². The zero-order chi connectivity index (χ0) is 17.3. The van der Waals surface area contributed by atoms with E-state index in [0.29, 0.717) is 26.1 Å². The predicted octanol–water partition coefficient (Wildman–Crippen LogP) is 1.93. The third kappa shape index (κ3) is 8.98. The lowest BCUT2D eigenvalue weighted by atomic mass is 10.1. The van der Waals surface area contributed by atoms with Crippen LogP contribution in [-0.4, -0.2) is 41.9 Å². The molecule has 0 fully saturated rings. The highest BCUT2D eigenvalue weighted by Gasteiger charge is 2.12. The van der Waals surface area contributed by atoms with E-state index in [-0.39, 0.29) is 17.4 Å². The van der Waals surface area contributed by atoms with Crippen molar-refractivity contribution in [2.24, 2.45) is 0 Å². The second-order valence-electron chi connectivity index (χ2n) is 6.70. The Morgan fingerprint density at radius 1 is 1.09 bits per heavy atom. The molecular formula is C18H29N3O2. The van der Waals surface area contributed by atoms with Crippen LogP contribution in [0.5, 0.6) is 0 Å². The molecule has 0 heterocycles. The summed E-state index contributed by atoms with van der Waals surface area (Å²) in [5.41, 5.74) is 1.11. The summed E-state index contributed by atoms with van der Waals surface area (Å²) in [6.07, 6.45) is 0.321. The van der Waals surface area contributed by atoms with E-state index in [9.17, 15) is 9.59 Å². The van der Waals surface area contributed by atoms with Crippen LogP contribution in [0.1, 0.15) is 39.7 Å². The van der Waals surface area contributed by atoms with Crippen molar-refractivity contribution in [3.63, 3.8) is 0 Å². The molecule has 1 rings (SSSR count). The largest absolute Gasteiger partial charge is 0.355 e. The molecule has 0 spiro atoms. The highest BCUT2D eigenvalue weighted by Crippen LogP contribution is 2.05. The first-order chi connectivity index (χ1) is 10.8. The third-order valence-electron chi connectivity index (χ3n) is 3.37. The van der Waals surface area contributed by atoms with Crippen molar-refractivity contribution < 1.29 is 9.59 Å². The summed E-state index contributed by atoms with van der Waals surface area (Å²) in [7, 11) is 0. The van der Waals surface area contributed by atoms with Crippen molar-refractivity contribution in [1.29, 1.82) is 0 Å². The molecule has 1 aromatic carbocycles. The van der Waals surface area contributed by atoms with Crippen LogP contribution in [0.15, 0.2) is 30.3 Å². The smallest absolute Gasteiger partial charge is 0.221 e. The molecule has 0 aliphatic heterocycles. The molecule has 0 aliphatic carbocycles. The molecule has 128 valence electrons. The summed E-state index contributed by atoms with van der Waals surface area (Å²) in [6, 6.07) is 9.80. The molecule has 0 bridgehead atoms. The molecule has 5 nitrogen and oxygen atoms in total. The van der Waals surface area contributed by atoms with E-state index >= 15 is 0 Å². The van der Waals surface area contributed by atoms with Crippen LogP contribution in [0, 0.1) is 0 Å². The second kappa shape index (κ2) is 9.30. The molecule has 0 saturated carbocycles. The van der Waals surface area contributed by atoms with Gasteiger partial charge in [-0.3, -0.25) is 9.59 Å². The normalized spacial score (nSPS) is 11.1. The Balaban J connectivity index is 2.32. The number of rotatable bonds is 8. The van der Waals surface area contributed by atoms with Crippen molar-refractivity contribution in [2.45, 2.75) is 46.2 Å². The lowest BCUT2D eigenvalue weighted by molar-refractivity contribution is -0.130. The van der Waals surface area contributed by atoms with E-state index in [1.165, 1.54) is 6.92 Å². The van der Waals surface area contributed by atoms with Crippen LogP contribution >= 0.6 is 0 Å². The molecule has 0 saturated heterocycles. The maximum Gasteiger partial charge on any atom is 0.221 e. The Bertz CT molecular complexity index is 495. The number of amides is 2. The molecular weight excluding hydrogens is 290 g/mol. The first-order valence-corrected chi connectivity index (χ1v) is 8.09. The maximum absolute atomic E-state index is 11.9. The highest BCUT2D eigenvalue weighted by atomic mass is 16.2. The summed E-state index contributed by atoms with van der Waals surface area (Å²) >= 11 is 0. The average Bonchev–Trinajstić information content (AvgIpc) is 2.47. The van der Waals surface area contributed by atoms with E-state index < -0.39 is 0 Å². The van der Waals surface area contributed by atoms with Gasteiger partial charge in [0.15, 0.2) is 0 Å². The van der Waals surface area contributed by atoms with E-state index in [4.69, 9.17) is 0 Å². The summed E-state index contributed by atoms with van der Waals surface area (Å²) in [5.74, 6) is -0.0453. The molecule has 0 aromatic heterocycles. The van der Waals surface area contributed by atoms with Crippen molar-refractivity contribution in [3.05, 3.63) is 35.9 Å². The van der Waals surface area contributed by atoms with Crippen molar-refractivity contribution in [2.75, 3.05) is 19.6 Å². The van der Waals surface area contributed by atoms with Crippen molar-refractivity contribution in [1.82, 2.24) is 15.5 Å². The summed E-state index contributed by atoms with van der Waals surface area (Å²) in [4.78, 5) is 25.3. The van der Waals surface area contributed by atoms with Crippen molar-refractivity contribution >= 4 is 11.8 Å². The Labute approximate surface area is 139 Å². The van der Waals surface area contributed by atoms with Gasteiger partial charge in [0.25, 0.3) is 0 Å². The monoisotopic (exact) mass is 319 g/mol. The fourth-order valence-corrected chi connectivity index (χ4v) is 2.12. The number of benzene rings is 1. The SMILES string of the molecule is CC(=O)N(CCC(=O)NCCNC(C)(C)C)Cc1ccccc1. The van der Waals surface area contributed by atoms with Crippen LogP contribution in [0.25, 0.3) is 0 Å². The van der Waals surface area contributed by atoms with Gasteiger partial charge in [0.05, 0.1) is 0 Å². The first kappa shape index (κ1) is 19.2. The maximum atomic E-state index is 11.9. The lowest BCUT2D eigenvalue weighted by Crippen LogP contribution is -2.41. The van der Waals surface area contributed by atoms with Gasteiger partial charge in [0.2, 0.25) is 11.8 Å². The first-order valence-electron chi connectivity index (χ1n) is 8.09. The molecule has 0 aliphatic rings. The van der Waals surface area contributed by atoms with Gasteiger partial charge in [-0.05, 0) is 26.3 Å². The molecule has 2 amide bonds. The standard InChI is InChI=1S/C18H29N3O2/c1-15(22)21(14-16-8-6-5-7-9-16)13-10-17(23)19-11-12-20-18(2,3)4/h5-9,20H,10-14H2,1-4H3,(H,19,23). The van der Waals surface area contributed by atoms with Gasteiger partial charge in [-0.25, -0.2) is 0 Å². The Kier molecular flexibility index (Phi) is 7.75. The second-order valence-corrected chi connectivity index (χ2v) is 6.70. The van der Waals surface area contributed by atoms with Gasteiger partial charge in [-0.15, -0.1) is 0 Å². The number of hydrogen-bond donors (Lipinski definition) is 2. The quantitative estimate of drug-likeness (QED) is 0.720. The Hall–Kier alpha value is -1.88. The minimum atomic E-state index is -0.0278. The zero-order valence-electron chi connectivity index (χ0n) is 14.7. The molecule has 5 heteroatoms. The highest BCUT2D eigenvalue weighted by molar-refractivity contribution is 5.78. The van der Waals surface area contributed by atoms with Crippen LogP contribution in [0.3, 0.4) is 0 Å². The number of nitrogens with one attached hydrogen (secondary N) is 2. The number of hydrogen-bond acceptors (Lipinski definition) is 3. The predicted molar refractivity (Wildman–Crippen MR) is 92.9 cm³/mol. The van der Waals surface area contributed by atoms with Gasteiger partial charge in [0.1, 0.15) is 0 Å². The van der Waals surface area contributed by atoms with Gasteiger partial charge in [-0.2, -0.15) is 0 Å². The molecule has 0 radical (unpaired) electrons. The number of carbonyl (C=O) groups is 2. The minimum absolute atomic E-state index is 0.0175. The van der Waals surface area contributed by atoms with E-state index in [2.05, 4.69) is 31.4 Å². The van der Waals surface area contributed by atoms with Crippen LogP contribution in [0.4, 0.5) is 0 Å². The Morgan fingerprint density at radius 3 is 2.30 bits per heavy atom. The van der Waals surface area contributed by atoms with Crippen LogP contribution in [0.2, 0.25) is 0 Å². The summed E-state index contributed by atoms with van der Waals surface area (Å²) in [5, 5.41) is 6.19. The van der Waals surface area contributed by atoms with Crippen molar-refractivity contribution in [3.8, 4) is 0 Å². The van der Waals surface area contributed by atoms with Crippen LogP contribution < -0.4 is 10.6 Å². The molecule has 2 N–H and O–H groups in total. The van der Waals surface area contributed by atoms with Gasteiger partial charge in [-0.1, -0.05) is 30.3 Å². The van der Waals surface area contributed by atoms with E-state index in [0.717, 1.165) is 12.1 Å². The van der Waals surface area contributed by atoms with Crippen LogP contribution in [-0.2, 0) is 16.1 Å². The topological polar surface area (TPSA) is 61.4 Å². The molecule has 23 heavy (non-hydrogen) atoms. The Morgan fingerprint density at radius 2 is 1.74 bits per heavy atom. The average molecular weight is 319 g/mol. The molecule has 0 unspecified atom stereocenters. The molecule has 0 atom stereocenters. The van der Waals surface area contributed by atoms with E-state index in [1.807, 2.05) is 30.3 Å². The lowest BCUT2D eigenvalue weighted by Gasteiger charge is -2.22. The summed E-state index contributed by atoms with van der Waals surface area (Å²) < 4.78 is 0. The fraction of sp³-hybridized carbons (Fsp3) is 0.556. The molecule has 1 aromatic rings. The minimum Gasteiger partial charge on any atom is -0.355 e. The van der Waals surface area contributed by atoms with E-state index in [1.54, 1.807) is 4.90 Å². The van der Waals surface area contributed by atoms with Gasteiger partial charge < -0.3 is 15.5 Å². The number of nitrogens with zero attached hydrogens (tertiary/aromatic N) is 1.